The quantitative estimate of drug-likeness (QED) is 0.598. The average molecular weight is 199 g/mol. The number of pyridine rings is 1. The van der Waals surface area contributed by atoms with Gasteiger partial charge in [-0.15, -0.1) is 12.3 Å². The number of aromatic nitrogens is 1. The van der Waals surface area contributed by atoms with E-state index in [0.717, 1.165) is 17.1 Å². The van der Waals surface area contributed by atoms with E-state index in [4.69, 9.17) is 11.7 Å². The molecule has 1 N–H and O–H groups in total. The van der Waals surface area contributed by atoms with Gasteiger partial charge in [-0.05, 0) is 19.9 Å². The van der Waals surface area contributed by atoms with Crippen molar-refractivity contribution in [3.05, 3.63) is 23.0 Å². The molecule has 1 aromatic heterocycles. The molecular formula is C12H13N3. The highest BCUT2D eigenvalue weighted by molar-refractivity contribution is 5.59. The van der Waals surface area contributed by atoms with Gasteiger partial charge in [-0.25, -0.2) is 0 Å². The normalized spacial score (nSPS) is 9.07. The summed E-state index contributed by atoms with van der Waals surface area (Å²) in [4.78, 5) is 4.23. The van der Waals surface area contributed by atoms with Crippen molar-refractivity contribution in [2.75, 3.05) is 11.9 Å². The molecule has 76 valence electrons. The molecule has 3 nitrogen and oxygen atoms in total. The van der Waals surface area contributed by atoms with E-state index in [-0.39, 0.29) is 0 Å². The van der Waals surface area contributed by atoms with Gasteiger partial charge in [-0.1, -0.05) is 0 Å². The average Bonchev–Trinajstić information content (AvgIpc) is 2.17. The van der Waals surface area contributed by atoms with Crippen LogP contribution in [0.1, 0.15) is 23.4 Å². The van der Waals surface area contributed by atoms with Crippen LogP contribution in [-0.4, -0.2) is 11.5 Å². The number of hydrogen-bond donors (Lipinski definition) is 1. The van der Waals surface area contributed by atoms with Crippen LogP contribution in [0.4, 0.5) is 5.69 Å². The largest absolute Gasteiger partial charge is 0.383 e. The Kier molecular flexibility index (Phi) is 3.71. The fourth-order valence-corrected chi connectivity index (χ4v) is 1.38. The second-order valence-corrected chi connectivity index (χ2v) is 3.26. The Morgan fingerprint density at radius 3 is 2.87 bits per heavy atom. The molecule has 0 unspecified atom stereocenters. The summed E-state index contributed by atoms with van der Waals surface area (Å²) in [6.07, 6.45) is 5.80. The van der Waals surface area contributed by atoms with Crippen molar-refractivity contribution >= 4 is 5.69 Å². The Hall–Kier alpha value is -2.00. The van der Waals surface area contributed by atoms with E-state index < -0.39 is 0 Å². The van der Waals surface area contributed by atoms with Gasteiger partial charge in [0.15, 0.2) is 0 Å². The van der Waals surface area contributed by atoms with Crippen molar-refractivity contribution in [1.29, 1.82) is 5.26 Å². The van der Waals surface area contributed by atoms with Crippen LogP contribution in [0.25, 0.3) is 0 Å². The first-order valence-corrected chi connectivity index (χ1v) is 4.74. The van der Waals surface area contributed by atoms with E-state index in [0.29, 0.717) is 18.5 Å². The van der Waals surface area contributed by atoms with Crippen LogP contribution >= 0.6 is 0 Å². The van der Waals surface area contributed by atoms with Crippen molar-refractivity contribution in [2.45, 2.75) is 20.3 Å². The predicted molar refractivity (Wildman–Crippen MR) is 60.4 cm³/mol. The van der Waals surface area contributed by atoms with Gasteiger partial charge in [-0.3, -0.25) is 4.98 Å². The molecule has 1 heterocycles. The molecule has 0 aliphatic rings. The Labute approximate surface area is 90.1 Å². The third-order valence-electron chi connectivity index (χ3n) is 2.03. The van der Waals surface area contributed by atoms with E-state index >= 15 is 0 Å². The highest BCUT2D eigenvalue weighted by Crippen LogP contribution is 2.18. The first-order chi connectivity index (χ1) is 7.19. The van der Waals surface area contributed by atoms with E-state index in [1.165, 1.54) is 0 Å². The van der Waals surface area contributed by atoms with Crippen LogP contribution in [0.2, 0.25) is 0 Å². The summed E-state index contributed by atoms with van der Waals surface area (Å²) >= 11 is 0. The van der Waals surface area contributed by atoms with Crippen molar-refractivity contribution in [3.63, 3.8) is 0 Å². The van der Waals surface area contributed by atoms with Crippen molar-refractivity contribution < 1.29 is 0 Å². The van der Waals surface area contributed by atoms with Crippen molar-refractivity contribution in [2.24, 2.45) is 0 Å². The van der Waals surface area contributed by atoms with Crippen LogP contribution in [0.15, 0.2) is 6.07 Å². The minimum absolute atomic E-state index is 0.595. The molecule has 0 amide bonds. The lowest BCUT2D eigenvalue weighted by molar-refractivity contribution is 1.06. The van der Waals surface area contributed by atoms with E-state index in [1.807, 2.05) is 19.9 Å². The minimum Gasteiger partial charge on any atom is -0.383 e. The number of nitrogens with zero attached hydrogens (tertiary/aromatic N) is 2. The molecule has 0 bridgehead atoms. The topological polar surface area (TPSA) is 48.7 Å². The SMILES string of the molecule is C#CCCNc1cc(C)nc(C)c1C#N. The summed E-state index contributed by atoms with van der Waals surface area (Å²) in [6, 6.07) is 4.00. The minimum atomic E-state index is 0.595. The molecule has 0 aromatic carbocycles. The first-order valence-electron chi connectivity index (χ1n) is 4.74. The lowest BCUT2D eigenvalue weighted by Crippen LogP contribution is -2.05. The lowest BCUT2D eigenvalue weighted by atomic mass is 10.1. The van der Waals surface area contributed by atoms with Gasteiger partial charge in [-0.2, -0.15) is 5.26 Å². The number of terminal acetylenes is 1. The first kappa shape index (κ1) is 11.1. The van der Waals surface area contributed by atoms with Gasteiger partial charge >= 0.3 is 0 Å². The zero-order valence-corrected chi connectivity index (χ0v) is 8.96. The van der Waals surface area contributed by atoms with Crippen LogP contribution in [0.5, 0.6) is 0 Å². The van der Waals surface area contributed by atoms with Gasteiger partial charge in [0.1, 0.15) is 6.07 Å². The molecule has 0 spiro atoms. The van der Waals surface area contributed by atoms with Gasteiger partial charge in [0, 0.05) is 18.7 Å². The third-order valence-corrected chi connectivity index (χ3v) is 2.03. The Morgan fingerprint density at radius 1 is 1.53 bits per heavy atom. The zero-order valence-electron chi connectivity index (χ0n) is 8.96. The molecule has 0 saturated heterocycles. The highest BCUT2D eigenvalue weighted by Gasteiger charge is 2.06. The third kappa shape index (κ3) is 2.72. The summed E-state index contributed by atoms with van der Waals surface area (Å²) in [5.74, 6) is 2.54. The van der Waals surface area contributed by atoms with E-state index in [9.17, 15) is 0 Å². The molecule has 0 aliphatic carbocycles. The van der Waals surface area contributed by atoms with E-state index in [2.05, 4.69) is 22.3 Å². The second kappa shape index (κ2) is 5.02. The van der Waals surface area contributed by atoms with Crippen LogP contribution in [-0.2, 0) is 0 Å². The Bertz CT molecular complexity index is 435. The molecular weight excluding hydrogens is 186 g/mol. The highest BCUT2D eigenvalue weighted by atomic mass is 14.9. The summed E-state index contributed by atoms with van der Waals surface area (Å²) in [6.45, 7) is 4.41. The number of nitriles is 1. The Balaban J connectivity index is 2.96. The fraction of sp³-hybridized carbons (Fsp3) is 0.333. The number of hydrogen-bond acceptors (Lipinski definition) is 3. The Morgan fingerprint density at radius 2 is 2.27 bits per heavy atom. The predicted octanol–water partition coefficient (Wildman–Crippen LogP) is 2.01. The molecule has 1 rings (SSSR count). The molecule has 0 radical (unpaired) electrons. The zero-order chi connectivity index (χ0) is 11.3. The van der Waals surface area contributed by atoms with Crippen molar-refractivity contribution in [1.82, 2.24) is 4.98 Å². The number of nitrogens with one attached hydrogen (secondary N) is 1. The van der Waals surface area contributed by atoms with Crippen LogP contribution in [0.3, 0.4) is 0 Å². The molecule has 3 heteroatoms. The van der Waals surface area contributed by atoms with Gasteiger partial charge < -0.3 is 5.32 Å². The fourth-order valence-electron chi connectivity index (χ4n) is 1.38. The van der Waals surface area contributed by atoms with Crippen LogP contribution < -0.4 is 5.32 Å². The molecule has 0 fully saturated rings. The maximum atomic E-state index is 8.98. The standard InChI is InChI=1S/C12H13N3/c1-4-5-6-14-12-7-9(2)15-10(3)11(12)8-13/h1,7H,5-6H2,2-3H3,(H,14,15). The summed E-state index contributed by atoms with van der Waals surface area (Å²) in [7, 11) is 0. The smallest absolute Gasteiger partial charge is 0.103 e. The van der Waals surface area contributed by atoms with Crippen molar-refractivity contribution in [3.8, 4) is 18.4 Å². The molecule has 15 heavy (non-hydrogen) atoms. The van der Waals surface area contributed by atoms with Gasteiger partial charge in [0.05, 0.1) is 16.9 Å². The molecule has 0 atom stereocenters. The maximum Gasteiger partial charge on any atom is 0.103 e. The summed E-state index contributed by atoms with van der Waals surface area (Å²) in [5, 5.41) is 12.1. The van der Waals surface area contributed by atoms with E-state index in [1.54, 1.807) is 0 Å². The number of rotatable bonds is 3. The van der Waals surface area contributed by atoms with Gasteiger partial charge in [0.25, 0.3) is 0 Å². The second-order valence-electron chi connectivity index (χ2n) is 3.26. The monoisotopic (exact) mass is 199 g/mol. The van der Waals surface area contributed by atoms with Crippen LogP contribution in [0, 0.1) is 37.5 Å². The molecule has 1 aromatic rings. The summed E-state index contributed by atoms with van der Waals surface area (Å²) in [5.41, 5.74) is 3.06. The number of aryl methyl sites for hydroxylation is 2. The molecule has 0 aliphatic heterocycles. The van der Waals surface area contributed by atoms with Gasteiger partial charge in [0.2, 0.25) is 0 Å². The maximum absolute atomic E-state index is 8.98. The summed E-state index contributed by atoms with van der Waals surface area (Å²) < 4.78 is 0. The number of anilines is 1. The molecule has 0 saturated carbocycles. The lowest BCUT2D eigenvalue weighted by Gasteiger charge is -2.09.